The molecule has 2 aromatic rings. The highest BCUT2D eigenvalue weighted by atomic mass is 127. The van der Waals surface area contributed by atoms with Crippen molar-refractivity contribution in [3.05, 3.63) is 52.0 Å². The minimum atomic E-state index is -3.47. The van der Waals surface area contributed by atoms with Crippen LogP contribution in [0.2, 0.25) is 0 Å². The van der Waals surface area contributed by atoms with Crippen molar-refractivity contribution in [3.63, 3.8) is 0 Å². The first kappa shape index (κ1) is 12.6. The number of furan rings is 1. The standard InChI is InChI=1S/C11H10INO3S/c12-9-3-1-5-11(7-9)17(14,15)13-8-10-4-2-6-16-10/h1-7,13H,8H2. The molecule has 0 fully saturated rings. The number of hydrogen-bond donors (Lipinski definition) is 1. The van der Waals surface area contributed by atoms with Crippen LogP contribution in [0.5, 0.6) is 0 Å². The number of halogens is 1. The molecular weight excluding hydrogens is 353 g/mol. The molecule has 0 aliphatic heterocycles. The zero-order valence-electron chi connectivity index (χ0n) is 8.76. The van der Waals surface area contributed by atoms with Gasteiger partial charge >= 0.3 is 0 Å². The van der Waals surface area contributed by atoms with Crippen molar-refractivity contribution < 1.29 is 12.8 Å². The summed E-state index contributed by atoms with van der Waals surface area (Å²) in [4.78, 5) is 0.260. The molecule has 1 aromatic heterocycles. The van der Waals surface area contributed by atoms with Gasteiger partial charge in [0.05, 0.1) is 17.7 Å². The van der Waals surface area contributed by atoms with Crippen molar-refractivity contribution in [2.45, 2.75) is 11.4 Å². The number of benzene rings is 1. The molecule has 0 saturated carbocycles. The van der Waals surface area contributed by atoms with E-state index in [0.29, 0.717) is 5.76 Å². The third-order valence-corrected chi connectivity index (χ3v) is 4.19. The van der Waals surface area contributed by atoms with Gasteiger partial charge in [-0.2, -0.15) is 0 Å². The number of rotatable bonds is 4. The quantitative estimate of drug-likeness (QED) is 0.849. The van der Waals surface area contributed by atoms with Crippen LogP contribution in [0.4, 0.5) is 0 Å². The van der Waals surface area contributed by atoms with Gasteiger partial charge in [-0.25, -0.2) is 13.1 Å². The second-order valence-electron chi connectivity index (χ2n) is 3.36. The summed E-state index contributed by atoms with van der Waals surface area (Å²) in [6, 6.07) is 10.2. The molecule has 0 unspecified atom stereocenters. The summed E-state index contributed by atoms with van der Waals surface area (Å²) in [6.45, 7) is 0.154. The van der Waals surface area contributed by atoms with E-state index in [1.165, 1.54) is 6.26 Å². The van der Waals surface area contributed by atoms with Crippen LogP contribution in [0.25, 0.3) is 0 Å². The zero-order chi connectivity index (χ0) is 12.3. The predicted octanol–water partition coefficient (Wildman–Crippen LogP) is 2.36. The molecule has 0 atom stereocenters. The highest BCUT2D eigenvalue weighted by molar-refractivity contribution is 14.1. The fourth-order valence-electron chi connectivity index (χ4n) is 1.30. The van der Waals surface area contributed by atoms with Gasteiger partial charge in [0.1, 0.15) is 5.76 Å². The molecule has 0 spiro atoms. The normalized spacial score (nSPS) is 11.6. The smallest absolute Gasteiger partial charge is 0.241 e. The third-order valence-electron chi connectivity index (χ3n) is 2.12. The Balaban J connectivity index is 2.14. The van der Waals surface area contributed by atoms with Gasteiger partial charge in [-0.1, -0.05) is 6.07 Å². The Labute approximate surface area is 113 Å². The van der Waals surface area contributed by atoms with E-state index >= 15 is 0 Å². The van der Waals surface area contributed by atoms with Gasteiger partial charge in [-0.15, -0.1) is 0 Å². The Morgan fingerprint density at radius 2 is 2.06 bits per heavy atom. The molecular formula is C11H10INO3S. The van der Waals surface area contributed by atoms with Crippen LogP contribution in [0, 0.1) is 3.57 Å². The Morgan fingerprint density at radius 3 is 2.71 bits per heavy atom. The van der Waals surface area contributed by atoms with E-state index in [2.05, 4.69) is 27.3 Å². The van der Waals surface area contributed by atoms with Gasteiger partial charge in [0.15, 0.2) is 0 Å². The van der Waals surface area contributed by atoms with E-state index in [4.69, 9.17) is 4.42 Å². The molecule has 0 aliphatic carbocycles. The molecule has 6 heteroatoms. The molecule has 0 bridgehead atoms. The lowest BCUT2D eigenvalue weighted by molar-refractivity contribution is 0.498. The van der Waals surface area contributed by atoms with Crippen molar-refractivity contribution in [1.82, 2.24) is 4.72 Å². The van der Waals surface area contributed by atoms with Crippen LogP contribution in [-0.2, 0) is 16.6 Å². The molecule has 0 amide bonds. The maximum atomic E-state index is 11.9. The first-order valence-electron chi connectivity index (χ1n) is 4.85. The van der Waals surface area contributed by atoms with E-state index in [9.17, 15) is 8.42 Å². The minimum absolute atomic E-state index is 0.154. The molecule has 1 aromatic carbocycles. The average Bonchev–Trinajstić information content (AvgIpc) is 2.79. The van der Waals surface area contributed by atoms with Crippen molar-refractivity contribution in [3.8, 4) is 0 Å². The van der Waals surface area contributed by atoms with Crippen LogP contribution >= 0.6 is 22.6 Å². The summed E-state index contributed by atoms with van der Waals surface area (Å²) in [5.74, 6) is 0.583. The van der Waals surface area contributed by atoms with Gasteiger partial charge in [0.2, 0.25) is 10.0 Å². The van der Waals surface area contributed by atoms with E-state index < -0.39 is 10.0 Å². The van der Waals surface area contributed by atoms with E-state index in [-0.39, 0.29) is 11.4 Å². The molecule has 2 rings (SSSR count). The number of nitrogens with one attached hydrogen (secondary N) is 1. The Kier molecular flexibility index (Phi) is 3.85. The molecule has 90 valence electrons. The second kappa shape index (κ2) is 5.19. The SMILES string of the molecule is O=S(=O)(NCc1ccco1)c1cccc(I)c1. The Bertz CT molecular complexity index is 593. The van der Waals surface area contributed by atoms with E-state index in [1.54, 1.807) is 30.3 Å². The highest BCUT2D eigenvalue weighted by Gasteiger charge is 2.14. The van der Waals surface area contributed by atoms with E-state index in [0.717, 1.165) is 3.57 Å². The van der Waals surface area contributed by atoms with Crippen molar-refractivity contribution in [2.24, 2.45) is 0 Å². The molecule has 1 N–H and O–H groups in total. The average molecular weight is 363 g/mol. The van der Waals surface area contributed by atoms with Gasteiger partial charge in [-0.3, -0.25) is 0 Å². The minimum Gasteiger partial charge on any atom is -0.468 e. The van der Waals surface area contributed by atoms with Crippen LogP contribution < -0.4 is 4.72 Å². The van der Waals surface area contributed by atoms with Gasteiger partial charge in [0.25, 0.3) is 0 Å². The molecule has 0 radical (unpaired) electrons. The van der Waals surface area contributed by atoms with Gasteiger partial charge in [-0.05, 0) is 52.9 Å². The van der Waals surface area contributed by atoms with E-state index in [1.807, 2.05) is 6.07 Å². The van der Waals surface area contributed by atoms with Crippen LogP contribution in [-0.4, -0.2) is 8.42 Å². The van der Waals surface area contributed by atoms with Crippen LogP contribution in [0.1, 0.15) is 5.76 Å². The highest BCUT2D eigenvalue weighted by Crippen LogP contribution is 2.13. The van der Waals surface area contributed by atoms with Crippen LogP contribution in [0.3, 0.4) is 0 Å². The first-order chi connectivity index (χ1) is 8.08. The molecule has 4 nitrogen and oxygen atoms in total. The third kappa shape index (κ3) is 3.30. The summed E-state index contributed by atoms with van der Waals surface area (Å²) < 4.78 is 32.3. The van der Waals surface area contributed by atoms with Crippen LogP contribution in [0.15, 0.2) is 52.0 Å². The maximum absolute atomic E-state index is 11.9. The summed E-state index contributed by atoms with van der Waals surface area (Å²) in [6.07, 6.45) is 1.51. The second-order valence-corrected chi connectivity index (χ2v) is 6.37. The number of sulfonamides is 1. The maximum Gasteiger partial charge on any atom is 0.241 e. The van der Waals surface area contributed by atoms with Gasteiger partial charge in [0, 0.05) is 3.57 Å². The van der Waals surface area contributed by atoms with Crippen molar-refractivity contribution in [1.29, 1.82) is 0 Å². The Morgan fingerprint density at radius 1 is 1.24 bits per heavy atom. The lowest BCUT2D eigenvalue weighted by Crippen LogP contribution is -2.23. The predicted molar refractivity (Wildman–Crippen MR) is 71.9 cm³/mol. The fourth-order valence-corrected chi connectivity index (χ4v) is 3.09. The molecule has 0 saturated heterocycles. The summed E-state index contributed by atoms with van der Waals surface area (Å²) in [7, 11) is -3.47. The number of hydrogen-bond acceptors (Lipinski definition) is 3. The molecule has 17 heavy (non-hydrogen) atoms. The summed E-state index contributed by atoms with van der Waals surface area (Å²) in [5.41, 5.74) is 0. The van der Waals surface area contributed by atoms with Crippen molar-refractivity contribution >= 4 is 32.6 Å². The summed E-state index contributed by atoms with van der Waals surface area (Å²) in [5, 5.41) is 0. The lowest BCUT2D eigenvalue weighted by atomic mass is 10.4. The summed E-state index contributed by atoms with van der Waals surface area (Å²) >= 11 is 2.07. The monoisotopic (exact) mass is 363 g/mol. The molecule has 0 aliphatic rings. The van der Waals surface area contributed by atoms with Gasteiger partial charge < -0.3 is 4.42 Å². The zero-order valence-corrected chi connectivity index (χ0v) is 11.7. The first-order valence-corrected chi connectivity index (χ1v) is 7.42. The Hall–Kier alpha value is -0.860. The largest absolute Gasteiger partial charge is 0.468 e. The fraction of sp³-hybridized carbons (Fsp3) is 0.0909. The topological polar surface area (TPSA) is 59.3 Å². The lowest BCUT2D eigenvalue weighted by Gasteiger charge is -2.05. The molecule has 1 heterocycles. The van der Waals surface area contributed by atoms with Crippen molar-refractivity contribution in [2.75, 3.05) is 0 Å².